The Morgan fingerprint density at radius 2 is 1.60 bits per heavy atom. The highest BCUT2D eigenvalue weighted by Gasteiger charge is 2.12. The Hall–Kier alpha value is -0.860. The van der Waals surface area contributed by atoms with E-state index in [1.54, 1.807) is 0 Å². The van der Waals surface area contributed by atoms with Gasteiger partial charge in [-0.1, -0.05) is 45.0 Å². The van der Waals surface area contributed by atoms with E-state index in [0.717, 1.165) is 19.6 Å². The van der Waals surface area contributed by atoms with Gasteiger partial charge in [0.1, 0.15) is 0 Å². The molecule has 1 aromatic rings. The van der Waals surface area contributed by atoms with E-state index in [0.29, 0.717) is 17.9 Å². The minimum atomic E-state index is 0.575. The molecule has 0 saturated carbocycles. The molecule has 1 unspecified atom stereocenters. The molecule has 0 fully saturated rings. The molecule has 0 radical (unpaired) electrons. The zero-order valence-electron chi connectivity index (χ0n) is 14.1. The molecule has 1 N–H and O–H groups in total. The van der Waals surface area contributed by atoms with Gasteiger partial charge in [-0.2, -0.15) is 0 Å². The quantitative estimate of drug-likeness (QED) is 0.775. The Morgan fingerprint density at radius 3 is 2.05 bits per heavy atom. The molecule has 2 nitrogen and oxygen atoms in total. The molecule has 2 heteroatoms. The summed E-state index contributed by atoms with van der Waals surface area (Å²) >= 11 is 0. The normalized spacial score (nSPS) is 13.4. The van der Waals surface area contributed by atoms with Crippen molar-refractivity contribution >= 4 is 0 Å². The highest BCUT2D eigenvalue weighted by molar-refractivity contribution is 5.25. The lowest BCUT2D eigenvalue weighted by Crippen LogP contribution is -2.33. The van der Waals surface area contributed by atoms with Crippen LogP contribution in [0.15, 0.2) is 24.3 Å². The molecule has 20 heavy (non-hydrogen) atoms. The number of nitrogens with zero attached hydrogens (tertiary/aromatic N) is 1. The largest absolute Gasteiger partial charge is 0.319 e. The van der Waals surface area contributed by atoms with E-state index in [9.17, 15) is 0 Å². The van der Waals surface area contributed by atoms with Gasteiger partial charge in [-0.25, -0.2) is 0 Å². The number of benzene rings is 1. The van der Waals surface area contributed by atoms with Crippen LogP contribution in [0.4, 0.5) is 0 Å². The third-order valence-electron chi connectivity index (χ3n) is 3.77. The van der Waals surface area contributed by atoms with Crippen LogP contribution >= 0.6 is 0 Å². The van der Waals surface area contributed by atoms with Gasteiger partial charge in [0.2, 0.25) is 0 Å². The number of nitrogens with one attached hydrogen (secondary N) is 1. The van der Waals surface area contributed by atoms with Crippen molar-refractivity contribution in [3.05, 3.63) is 35.4 Å². The second-order valence-corrected chi connectivity index (χ2v) is 6.62. The summed E-state index contributed by atoms with van der Waals surface area (Å²) in [6.45, 7) is 14.7. The Kier molecular flexibility index (Phi) is 7.25. The third-order valence-corrected chi connectivity index (χ3v) is 3.77. The van der Waals surface area contributed by atoms with Crippen molar-refractivity contribution in [1.29, 1.82) is 0 Å². The van der Waals surface area contributed by atoms with Crippen LogP contribution in [0.5, 0.6) is 0 Å². The van der Waals surface area contributed by atoms with Crippen LogP contribution in [0.2, 0.25) is 0 Å². The Morgan fingerprint density at radius 1 is 1.00 bits per heavy atom. The average Bonchev–Trinajstić information content (AvgIpc) is 2.38. The third kappa shape index (κ3) is 5.64. The first-order valence-corrected chi connectivity index (χ1v) is 7.91. The molecular weight excluding hydrogens is 244 g/mol. The van der Waals surface area contributed by atoms with Crippen LogP contribution in [0.25, 0.3) is 0 Å². The SMILES string of the molecule is CNCC(C)c1ccc(CN(CC(C)C)C(C)C)cc1. The van der Waals surface area contributed by atoms with Gasteiger partial charge in [0.25, 0.3) is 0 Å². The van der Waals surface area contributed by atoms with Crippen molar-refractivity contribution in [1.82, 2.24) is 10.2 Å². The highest BCUT2D eigenvalue weighted by atomic mass is 15.1. The van der Waals surface area contributed by atoms with Crippen LogP contribution in [-0.4, -0.2) is 31.1 Å². The van der Waals surface area contributed by atoms with E-state index in [4.69, 9.17) is 0 Å². The van der Waals surface area contributed by atoms with E-state index in [1.165, 1.54) is 11.1 Å². The maximum Gasteiger partial charge on any atom is 0.0236 e. The molecule has 0 saturated heterocycles. The molecule has 1 rings (SSSR count). The Bertz CT molecular complexity index is 368. The maximum absolute atomic E-state index is 3.24. The van der Waals surface area contributed by atoms with E-state index < -0.39 is 0 Å². The lowest BCUT2D eigenvalue weighted by Gasteiger charge is -2.28. The molecule has 0 amide bonds. The first-order chi connectivity index (χ1) is 9.43. The first kappa shape index (κ1) is 17.2. The van der Waals surface area contributed by atoms with Gasteiger partial charge in [-0.3, -0.25) is 4.90 Å². The predicted molar refractivity (Wildman–Crippen MR) is 89.2 cm³/mol. The summed E-state index contributed by atoms with van der Waals surface area (Å²) in [5.41, 5.74) is 2.84. The average molecular weight is 276 g/mol. The van der Waals surface area contributed by atoms with E-state index in [2.05, 4.69) is 69.1 Å². The Labute approximate surface area is 125 Å². The van der Waals surface area contributed by atoms with Crippen LogP contribution in [0.1, 0.15) is 51.7 Å². The molecule has 114 valence electrons. The molecule has 0 aliphatic heterocycles. The second kappa shape index (κ2) is 8.43. The summed E-state index contributed by atoms with van der Waals surface area (Å²) in [7, 11) is 2.01. The zero-order chi connectivity index (χ0) is 15.1. The van der Waals surface area contributed by atoms with Crippen LogP contribution < -0.4 is 5.32 Å². The molecular formula is C18H32N2. The minimum Gasteiger partial charge on any atom is -0.319 e. The summed E-state index contributed by atoms with van der Waals surface area (Å²) < 4.78 is 0. The topological polar surface area (TPSA) is 15.3 Å². The van der Waals surface area contributed by atoms with Gasteiger partial charge in [0, 0.05) is 25.7 Å². The molecule has 0 bridgehead atoms. The fourth-order valence-corrected chi connectivity index (χ4v) is 2.54. The lowest BCUT2D eigenvalue weighted by molar-refractivity contribution is 0.189. The molecule has 0 spiro atoms. The van der Waals surface area contributed by atoms with Crippen molar-refractivity contribution in [2.45, 2.75) is 53.1 Å². The van der Waals surface area contributed by atoms with E-state index in [-0.39, 0.29) is 0 Å². The minimum absolute atomic E-state index is 0.575. The van der Waals surface area contributed by atoms with Crippen LogP contribution in [0, 0.1) is 5.92 Å². The lowest BCUT2D eigenvalue weighted by atomic mass is 9.99. The zero-order valence-corrected chi connectivity index (χ0v) is 14.1. The standard InChI is InChI=1S/C18H32N2/c1-14(2)12-20(15(3)4)13-17-7-9-18(10-8-17)16(5)11-19-6/h7-10,14-16,19H,11-13H2,1-6H3. The molecule has 1 atom stereocenters. The predicted octanol–water partition coefficient (Wildman–Crippen LogP) is 3.88. The summed E-state index contributed by atoms with van der Waals surface area (Å²) in [5.74, 6) is 1.29. The van der Waals surface area contributed by atoms with Gasteiger partial charge in [0.15, 0.2) is 0 Å². The summed E-state index contributed by atoms with van der Waals surface area (Å²) in [4.78, 5) is 2.55. The van der Waals surface area contributed by atoms with Crippen molar-refractivity contribution in [3.63, 3.8) is 0 Å². The summed E-state index contributed by atoms with van der Waals surface area (Å²) in [6.07, 6.45) is 0. The van der Waals surface area contributed by atoms with Gasteiger partial charge >= 0.3 is 0 Å². The maximum atomic E-state index is 3.24. The van der Waals surface area contributed by atoms with Crippen LogP contribution in [-0.2, 0) is 6.54 Å². The second-order valence-electron chi connectivity index (χ2n) is 6.62. The number of hydrogen-bond donors (Lipinski definition) is 1. The molecule has 0 aliphatic carbocycles. The highest BCUT2D eigenvalue weighted by Crippen LogP contribution is 2.17. The van der Waals surface area contributed by atoms with Crippen molar-refractivity contribution in [2.75, 3.05) is 20.1 Å². The molecule has 1 aromatic carbocycles. The number of rotatable bonds is 8. The Balaban J connectivity index is 2.67. The summed E-state index contributed by atoms with van der Waals surface area (Å²) in [6, 6.07) is 9.74. The van der Waals surface area contributed by atoms with Crippen molar-refractivity contribution < 1.29 is 0 Å². The summed E-state index contributed by atoms with van der Waals surface area (Å²) in [5, 5.41) is 3.24. The fourth-order valence-electron chi connectivity index (χ4n) is 2.54. The number of likely N-dealkylation sites (N-methyl/N-ethyl adjacent to an activating group) is 1. The fraction of sp³-hybridized carbons (Fsp3) is 0.667. The molecule has 0 heterocycles. The number of hydrogen-bond acceptors (Lipinski definition) is 2. The van der Waals surface area contributed by atoms with Crippen molar-refractivity contribution in [2.24, 2.45) is 5.92 Å². The van der Waals surface area contributed by atoms with Gasteiger partial charge in [0.05, 0.1) is 0 Å². The van der Waals surface area contributed by atoms with Crippen molar-refractivity contribution in [3.8, 4) is 0 Å². The molecule has 0 aromatic heterocycles. The molecule has 0 aliphatic rings. The first-order valence-electron chi connectivity index (χ1n) is 7.91. The van der Waals surface area contributed by atoms with Gasteiger partial charge in [-0.05, 0) is 43.9 Å². The van der Waals surface area contributed by atoms with Gasteiger partial charge < -0.3 is 5.32 Å². The monoisotopic (exact) mass is 276 g/mol. The smallest absolute Gasteiger partial charge is 0.0236 e. The van der Waals surface area contributed by atoms with E-state index >= 15 is 0 Å². The van der Waals surface area contributed by atoms with Crippen LogP contribution in [0.3, 0.4) is 0 Å². The van der Waals surface area contributed by atoms with Gasteiger partial charge in [-0.15, -0.1) is 0 Å². The van der Waals surface area contributed by atoms with E-state index in [1.807, 2.05) is 7.05 Å².